The van der Waals surface area contributed by atoms with E-state index in [1.807, 2.05) is 24.3 Å². The molecule has 3 aromatic rings. The third-order valence-electron chi connectivity index (χ3n) is 4.24. The van der Waals surface area contributed by atoms with Crippen molar-refractivity contribution >= 4 is 40.2 Å². The predicted molar refractivity (Wildman–Crippen MR) is 109 cm³/mol. The molecule has 2 heterocycles. The van der Waals surface area contributed by atoms with Crippen LogP contribution in [0, 0.1) is 0 Å². The van der Waals surface area contributed by atoms with Crippen molar-refractivity contribution in [1.82, 2.24) is 15.0 Å². The minimum atomic E-state index is -0.764. The van der Waals surface area contributed by atoms with Crippen LogP contribution in [0.1, 0.15) is 23.7 Å². The number of ether oxygens (including phenoxy) is 1. The maximum absolute atomic E-state index is 12.0. The summed E-state index contributed by atoms with van der Waals surface area (Å²) in [5.74, 6) is -1.14. The zero-order valence-electron chi connectivity index (χ0n) is 16.0. The number of anilines is 3. The third-order valence-corrected chi connectivity index (χ3v) is 4.24. The second-order valence-corrected chi connectivity index (χ2v) is 6.19. The van der Waals surface area contributed by atoms with Crippen LogP contribution in [0.25, 0.3) is 10.9 Å². The molecule has 3 rings (SSSR count). The molecule has 0 saturated heterocycles. The Morgan fingerprint density at radius 2 is 2.00 bits per heavy atom. The first-order chi connectivity index (χ1) is 13.9. The Hall–Kier alpha value is -3.95. The largest absolute Gasteiger partial charge is 0.480 e. The molecule has 2 aromatic heterocycles. The summed E-state index contributed by atoms with van der Waals surface area (Å²) >= 11 is 0. The molecule has 0 radical (unpaired) electrons. The number of carbonyl (C=O) groups is 2. The van der Waals surface area contributed by atoms with Gasteiger partial charge < -0.3 is 26.8 Å². The van der Waals surface area contributed by atoms with E-state index in [0.29, 0.717) is 12.1 Å². The van der Waals surface area contributed by atoms with Crippen LogP contribution in [0.2, 0.25) is 0 Å². The maximum Gasteiger partial charge on any atom is 0.258 e. The molecule has 0 bridgehead atoms. The molecule has 0 fully saturated rings. The molecule has 1 atom stereocenters. The third kappa shape index (κ3) is 4.32. The number of benzene rings is 1. The lowest BCUT2D eigenvalue weighted by molar-refractivity contribution is -0.118. The molecule has 2 amide bonds. The Balaban J connectivity index is 2.04. The molecule has 0 saturated carbocycles. The first kappa shape index (κ1) is 19.8. The van der Waals surface area contributed by atoms with Crippen LogP contribution in [0.15, 0.2) is 36.5 Å². The number of methoxy groups -OCH3 is 1. The number of nitrogens with zero attached hydrogens (tertiary/aromatic N) is 3. The number of fused-ring (bicyclic) bond motifs is 1. The van der Waals surface area contributed by atoms with Crippen LogP contribution in [-0.4, -0.2) is 39.9 Å². The smallest absolute Gasteiger partial charge is 0.258 e. The Morgan fingerprint density at radius 1 is 1.21 bits per heavy atom. The number of hydrogen-bond acceptors (Lipinski definition) is 8. The van der Waals surface area contributed by atoms with Crippen molar-refractivity contribution in [2.75, 3.05) is 17.7 Å². The van der Waals surface area contributed by atoms with Gasteiger partial charge in [0, 0.05) is 17.3 Å². The van der Waals surface area contributed by atoms with E-state index >= 15 is 0 Å². The summed E-state index contributed by atoms with van der Waals surface area (Å²) in [4.78, 5) is 36.3. The molecule has 10 heteroatoms. The Bertz CT molecular complexity index is 1070. The number of aromatic nitrogens is 3. The highest BCUT2D eigenvalue weighted by atomic mass is 16.5. The standard InChI is InChI=1S/C19H21N7O3/c1-3-12(15(20)27)24-19-25-17(14(16(21)28)18(26-19)29-2)23-11-6-7-13-10(9-11)5-4-8-22-13/h4-9,12H,3H2,1-2H3,(H2,20,27)(H2,21,28)(H2,23,24,25,26). The Kier molecular flexibility index (Phi) is 5.72. The highest BCUT2D eigenvalue weighted by Crippen LogP contribution is 2.28. The minimum absolute atomic E-state index is 0.0172. The number of nitrogens with two attached hydrogens (primary N) is 2. The predicted octanol–water partition coefficient (Wildman–Crippen LogP) is 1.55. The van der Waals surface area contributed by atoms with E-state index < -0.39 is 17.9 Å². The van der Waals surface area contributed by atoms with Gasteiger partial charge in [-0.15, -0.1) is 0 Å². The fourth-order valence-corrected chi connectivity index (χ4v) is 2.79. The monoisotopic (exact) mass is 395 g/mol. The number of amides is 2. The van der Waals surface area contributed by atoms with Crippen molar-refractivity contribution in [2.45, 2.75) is 19.4 Å². The lowest BCUT2D eigenvalue weighted by Crippen LogP contribution is -2.35. The molecule has 0 aliphatic heterocycles. The van der Waals surface area contributed by atoms with Gasteiger partial charge in [0.15, 0.2) is 5.82 Å². The molecule has 6 N–H and O–H groups in total. The SMILES string of the molecule is CCC(Nc1nc(Nc2ccc3ncccc3c2)c(C(N)=O)c(OC)n1)C(N)=O. The van der Waals surface area contributed by atoms with Crippen molar-refractivity contribution in [3.8, 4) is 5.88 Å². The molecule has 1 aromatic carbocycles. The van der Waals surface area contributed by atoms with Gasteiger partial charge in [0.1, 0.15) is 11.6 Å². The summed E-state index contributed by atoms with van der Waals surface area (Å²) in [7, 11) is 1.36. The van der Waals surface area contributed by atoms with Gasteiger partial charge in [0.05, 0.1) is 12.6 Å². The Morgan fingerprint density at radius 3 is 2.66 bits per heavy atom. The van der Waals surface area contributed by atoms with E-state index in [2.05, 4.69) is 25.6 Å². The van der Waals surface area contributed by atoms with Gasteiger partial charge in [-0.3, -0.25) is 14.6 Å². The van der Waals surface area contributed by atoms with Gasteiger partial charge >= 0.3 is 0 Å². The number of primary amides is 2. The summed E-state index contributed by atoms with van der Waals surface area (Å²) in [5, 5.41) is 6.81. The summed E-state index contributed by atoms with van der Waals surface area (Å²) < 4.78 is 5.21. The van der Waals surface area contributed by atoms with E-state index in [1.165, 1.54) is 7.11 Å². The molecule has 1 unspecified atom stereocenters. The number of pyridine rings is 1. The van der Waals surface area contributed by atoms with Gasteiger partial charge in [-0.2, -0.15) is 9.97 Å². The van der Waals surface area contributed by atoms with Crippen molar-refractivity contribution in [3.05, 3.63) is 42.1 Å². The van der Waals surface area contributed by atoms with Crippen LogP contribution in [-0.2, 0) is 4.79 Å². The molecule has 150 valence electrons. The van der Waals surface area contributed by atoms with E-state index in [1.54, 1.807) is 19.2 Å². The van der Waals surface area contributed by atoms with Gasteiger partial charge in [0.25, 0.3) is 5.91 Å². The number of rotatable bonds is 8. The van der Waals surface area contributed by atoms with Crippen molar-refractivity contribution in [2.24, 2.45) is 11.5 Å². The van der Waals surface area contributed by atoms with Gasteiger partial charge in [-0.1, -0.05) is 13.0 Å². The summed E-state index contributed by atoms with van der Waals surface area (Å²) in [6, 6.07) is 8.53. The molecule has 0 aliphatic rings. The first-order valence-corrected chi connectivity index (χ1v) is 8.86. The molecular weight excluding hydrogens is 374 g/mol. The van der Waals surface area contributed by atoms with Crippen LogP contribution in [0.5, 0.6) is 5.88 Å². The lowest BCUT2D eigenvalue weighted by atomic mass is 10.2. The highest BCUT2D eigenvalue weighted by Gasteiger charge is 2.22. The van der Waals surface area contributed by atoms with Crippen LogP contribution in [0.4, 0.5) is 17.5 Å². The fraction of sp³-hybridized carbons (Fsp3) is 0.211. The molecule has 29 heavy (non-hydrogen) atoms. The van der Waals surface area contributed by atoms with Crippen molar-refractivity contribution < 1.29 is 14.3 Å². The zero-order chi connectivity index (χ0) is 21.0. The quantitative estimate of drug-likeness (QED) is 0.447. The van der Waals surface area contributed by atoms with Gasteiger partial charge in [0.2, 0.25) is 17.7 Å². The lowest BCUT2D eigenvalue weighted by Gasteiger charge is -2.17. The van der Waals surface area contributed by atoms with E-state index in [0.717, 1.165) is 10.9 Å². The number of carbonyl (C=O) groups excluding carboxylic acids is 2. The van der Waals surface area contributed by atoms with Crippen LogP contribution < -0.4 is 26.8 Å². The zero-order valence-corrected chi connectivity index (χ0v) is 16.0. The summed E-state index contributed by atoms with van der Waals surface area (Å²) in [5.41, 5.74) is 12.4. The van der Waals surface area contributed by atoms with Gasteiger partial charge in [-0.25, -0.2) is 0 Å². The van der Waals surface area contributed by atoms with E-state index in [4.69, 9.17) is 16.2 Å². The average Bonchev–Trinajstić information content (AvgIpc) is 2.71. The fourth-order valence-electron chi connectivity index (χ4n) is 2.79. The molecule has 0 spiro atoms. The highest BCUT2D eigenvalue weighted by molar-refractivity contribution is 6.01. The second-order valence-electron chi connectivity index (χ2n) is 6.19. The molecule has 0 aliphatic carbocycles. The van der Waals surface area contributed by atoms with Crippen LogP contribution in [0.3, 0.4) is 0 Å². The van der Waals surface area contributed by atoms with E-state index in [9.17, 15) is 9.59 Å². The number of hydrogen-bond donors (Lipinski definition) is 4. The maximum atomic E-state index is 12.0. The normalized spacial score (nSPS) is 11.7. The van der Waals surface area contributed by atoms with Crippen molar-refractivity contribution in [1.29, 1.82) is 0 Å². The number of nitrogens with one attached hydrogen (secondary N) is 2. The second kappa shape index (κ2) is 8.38. The van der Waals surface area contributed by atoms with E-state index in [-0.39, 0.29) is 23.2 Å². The minimum Gasteiger partial charge on any atom is -0.480 e. The average molecular weight is 395 g/mol. The summed E-state index contributed by atoms with van der Waals surface area (Å²) in [6.45, 7) is 1.79. The molecule has 10 nitrogen and oxygen atoms in total. The summed E-state index contributed by atoms with van der Waals surface area (Å²) in [6.07, 6.45) is 2.13. The Labute approximate surface area is 166 Å². The van der Waals surface area contributed by atoms with Crippen molar-refractivity contribution in [3.63, 3.8) is 0 Å². The first-order valence-electron chi connectivity index (χ1n) is 8.86. The van der Waals surface area contributed by atoms with Crippen LogP contribution >= 0.6 is 0 Å². The van der Waals surface area contributed by atoms with Gasteiger partial charge in [-0.05, 0) is 30.7 Å². The topological polar surface area (TPSA) is 158 Å². The molecular formula is C19H21N7O3.